The molecule has 0 aliphatic carbocycles. The number of benzene rings is 1. The smallest absolute Gasteiger partial charge is 0.405 e. The summed E-state index contributed by atoms with van der Waals surface area (Å²) >= 11 is 2.93. The number of rotatable bonds is 4. The second kappa shape index (κ2) is 6.66. The molecule has 0 radical (unpaired) electrons. The molecule has 116 valence electrons. The Kier molecular flexibility index (Phi) is 5.41. The van der Waals surface area contributed by atoms with Crippen LogP contribution in [0.4, 0.5) is 23.7 Å². The van der Waals surface area contributed by atoms with E-state index in [1.165, 1.54) is 19.1 Å². The maximum Gasteiger partial charge on any atom is 0.573 e. The van der Waals surface area contributed by atoms with E-state index in [4.69, 9.17) is 5.73 Å². The van der Waals surface area contributed by atoms with Gasteiger partial charge in [-0.25, -0.2) is 4.79 Å². The molecule has 1 aromatic rings. The molecule has 0 bridgehead atoms. The van der Waals surface area contributed by atoms with Crippen molar-refractivity contribution in [2.75, 3.05) is 5.32 Å². The van der Waals surface area contributed by atoms with Crippen molar-refractivity contribution >= 4 is 33.6 Å². The number of urea groups is 1. The normalized spacial score (nSPS) is 12.4. The summed E-state index contributed by atoms with van der Waals surface area (Å²) < 4.78 is 40.1. The lowest BCUT2D eigenvalue weighted by Crippen LogP contribution is -2.43. The first-order valence-corrected chi connectivity index (χ1v) is 6.30. The number of nitrogens with one attached hydrogen (secondary N) is 2. The zero-order chi connectivity index (χ0) is 16.2. The van der Waals surface area contributed by atoms with Crippen LogP contribution < -0.4 is 21.1 Å². The van der Waals surface area contributed by atoms with Gasteiger partial charge in [-0.2, -0.15) is 0 Å². The van der Waals surface area contributed by atoms with Gasteiger partial charge in [0.2, 0.25) is 5.91 Å². The first kappa shape index (κ1) is 17.1. The first-order valence-electron chi connectivity index (χ1n) is 5.50. The van der Waals surface area contributed by atoms with Gasteiger partial charge in [-0.15, -0.1) is 13.2 Å². The molecule has 0 spiro atoms. The summed E-state index contributed by atoms with van der Waals surface area (Å²) in [6.45, 7) is 1.45. The predicted octanol–water partition coefficient (Wildman–Crippen LogP) is 2.34. The van der Waals surface area contributed by atoms with E-state index in [0.29, 0.717) is 5.69 Å². The van der Waals surface area contributed by atoms with E-state index in [0.717, 1.165) is 6.07 Å². The van der Waals surface area contributed by atoms with Crippen molar-refractivity contribution in [1.82, 2.24) is 5.32 Å². The summed E-state index contributed by atoms with van der Waals surface area (Å²) in [6.07, 6.45) is -4.80. The Bertz CT molecular complexity index is 551. The lowest BCUT2D eigenvalue weighted by molar-refractivity contribution is -0.274. The first-order chi connectivity index (χ1) is 9.58. The van der Waals surface area contributed by atoms with Crippen LogP contribution in [0.3, 0.4) is 0 Å². The number of primary amides is 1. The molecule has 0 aliphatic rings. The molecule has 4 N–H and O–H groups in total. The highest BCUT2D eigenvalue weighted by molar-refractivity contribution is 9.10. The maximum atomic E-state index is 12.1. The number of anilines is 1. The van der Waals surface area contributed by atoms with Crippen LogP contribution in [-0.2, 0) is 4.79 Å². The third kappa shape index (κ3) is 5.90. The van der Waals surface area contributed by atoms with Gasteiger partial charge in [0, 0.05) is 5.69 Å². The second-order valence-electron chi connectivity index (χ2n) is 3.91. The predicted molar refractivity (Wildman–Crippen MR) is 71.6 cm³/mol. The SMILES string of the molecule is CC(Nc1ccc(OC(F)(F)F)c(Br)c1)C(=O)NC(N)=O. The topological polar surface area (TPSA) is 93.4 Å². The molecule has 21 heavy (non-hydrogen) atoms. The Morgan fingerprint density at radius 3 is 2.48 bits per heavy atom. The van der Waals surface area contributed by atoms with E-state index in [9.17, 15) is 22.8 Å². The van der Waals surface area contributed by atoms with Gasteiger partial charge >= 0.3 is 12.4 Å². The van der Waals surface area contributed by atoms with Crippen molar-refractivity contribution < 1.29 is 27.5 Å². The van der Waals surface area contributed by atoms with Gasteiger partial charge < -0.3 is 15.8 Å². The Hall–Kier alpha value is -1.97. The number of hydrogen-bond donors (Lipinski definition) is 3. The number of imide groups is 1. The van der Waals surface area contributed by atoms with E-state index in [-0.39, 0.29) is 4.47 Å². The van der Waals surface area contributed by atoms with E-state index >= 15 is 0 Å². The van der Waals surface area contributed by atoms with Crippen LogP contribution in [0.25, 0.3) is 0 Å². The van der Waals surface area contributed by atoms with Crippen LogP contribution >= 0.6 is 15.9 Å². The molecule has 6 nitrogen and oxygen atoms in total. The van der Waals surface area contributed by atoms with Gasteiger partial charge in [-0.05, 0) is 41.1 Å². The third-order valence-electron chi connectivity index (χ3n) is 2.18. The summed E-state index contributed by atoms with van der Waals surface area (Å²) in [5.74, 6) is -1.09. The van der Waals surface area contributed by atoms with Gasteiger partial charge in [0.05, 0.1) is 4.47 Å². The van der Waals surface area contributed by atoms with Crippen LogP contribution in [-0.4, -0.2) is 24.3 Å². The van der Waals surface area contributed by atoms with Crippen molar-refractivity contribution in [2.24, 2.45) is 5.73 Å². The van der Waals surface area contributed by atoms with Crippen molar-refractivity contribution in [3.8, 4) is 5.75 Å². The van der Waals surface area contributed by atoms with Gasteiger partial charge in [0.1, 0.15) is 11.8 Å². The van der Waals surface area contributed by atoms with E-state index < -0.39 is 30.1 Å². The Morgan fingerprint density at radius 1 is 1.38 bits per heavy atom. The summed E-state index contributed by atoms with van der Waals surface area (Å²) in [5.41, 5.74) is 5.15. The molecule has 10 heteroatoms. The van der Waals surface area contributed by atoms with Crippen LogP contribution in [0, 0.1) is 0 Å². The zero-order valence-corrected chi connectivity index (χ0v) is 12.2. The molecular formula is C11H11BrF3N3O3. The van der Waals surface area contributed by atoms with Gasteiger partial charge in [-0.1, -0.05) is 0 Å². The van der Waals surface area contributed by atoms with Crippen LogP contribution in [0.1, 0.15) is 6.92 Å². The monoisotopic (exact) mass is 369 g/mol. The Morgan fingerprint density at radius 2 is 2.00 bits per heavy atom. The molecule has 1 atom stereocenters. The molecule has 3 amide bonds. The molecule has 0 saturated heterocycles. The molecule has 0 aliphatic heterocycles. The van der Waals surface area contributed by atoms with E-state index in [1.807, 2.05) is 5.32 Å². The molecule has 1 aromatic carbocycles. The molecule has 1 unspecified atom stereocenters. The average Bonchev–Trinajstić information content (AvgIpc) is 2.30. The fourth-order valence-corrected chi connectivity index (χ4v) is 1.80. The summed E-state index contributed by atoms with van der Waals surface area (Å²) in [4.78, 5) is 22.0. The fourth-order valence-electron chi connectivity index (χ4n) is 1.34. The summed E-state index contributed by atoms with van der Waals surface area (Å²) in [7, 11) is 0. The number of hydrogen-bond acceptors (Lipinski definition) is 4. The highest BCUT2D eigenvalue weighted by atomic mass is 79.9. The van der Waals surface area contributed by atoms with Gasteiger partial charge in [0.25, 0.3) is 0 Å². The molecule has 0 aromatic heterocycles. The standard InChI is InChI=1S/C11H11BrF3N3O3/c1-5(9(19)18-10(16)20)17-6-2-3-8(7(12)4-6)21-11(13,14)15/h2-5,17H,1H3,(H3,16,18,19,20). The fraction of sp³-hybridized carbons (Fsp3) is 0.273. The molecule has 1 rings (SSSR count). The minimum atomic E-state index is -4.80. The largest absolute Gasteiger partial charge is 0.573 e. The maximum absolute atomic E-state index is 12.1. The summed E-state index contributed by atoms with van der Waals surface area (Å²) in [6, 6.07) is 1.86. The lowest BCUT2D eigenvalue weighted by Gasteiger charge is -2.16. The minimum absolute atomic E-state index is 0.0485. The number of halogens is 4. The lowest BCUT2D eigenvalue weighted by atomic mass is 10.2. The highest BCUT2D eigenvalue weighted by Crippen LogP contribution is 2.32. The molecular weight excluding hydrogens is 359 g/mol. The van der Waals surface area contributed by atoms with Crippen molar-refractivity contribution in [2.45, 2.75) is 19.3 Å². The van der Waals surface area contributed by atoms with Crippen molar-refractivity contribution in [3.05, 3.63) is 22.7 Å². The highest BCUT2D eigenvalue weighted by Gasteiger charge is 2.32. The van der Waals surface area contributed by atoms with E-state index in [1.54, 1.807) is 0 Å². The Labute approximate surface area is 125 Å². The minimum Gasteiger partial charge on any atom is -0.405 e. The molecule has 0 saturated carbocycles. The van der Waals surface area contributed by atoms with E-state index in [2.05, 4.69) is 26.0 Å². The number of carbonyl (C=O) groups excluding carboxylic acids is 2. The number of alkyl halides is 3. The number of carbonyl (C=O) groups is 2. The van der Waals surface area contributed by atoms with Crippen LogP contribution in [0.15, 0.2) is 22.7 Å². The molecule has 0 fully saturated rings. The third-order valence-corrected chi connectivity index (χ3v) is 2.80. The zero-order valence-electron chi connectivity index (χ0n) is 10.6. The van der Waals surface area contributed by atoms with Gasteiger partial charge in [-0.3, -0.25) is 10.1 Å². The molecule has 0 heterocycles. The summed E-state index contributed by atoms with van der Waals surface area (Å²) in [5, 5.41) is 4.56. The van der Waals surface area contributed by atoms with Crippen molar-refractivity contribution in [3.63, 3.8) is 0 Å². The van der Waals surface area contributed by atoms with Crippen molar-refractivity contribution in [1.29, 1.82) is 0 Å². The number of nitrogens with two attached hydrogens (primary N) is 1. The Balaban J connectivity index is 2.76. The van der Waals surface area contributed by atoms with Crippen LogP contribution in [0.2, 0.25) is 0 Å². The van der Waals surface area contributed by atoms with Crippen LogP contribution in [0.5, 0.6) is 5.75 Å². The quantitative estimate of drug-likeness (QED) is 0.759. The average molecular weight is 370 g/mol. The van der Waals surface area contributed by atoms with Gasteiger partial charge in [0.15, 0.2) is 0 Å². The number of amides is 3. The second-order valence-corrected chi connectivity index (χ2v) is 4.77. The number of ether oxygens (including phenoxy) is 1.